The molecule has 32 heavy (non-hydrogen) atoms. The van der Waals surface area contributed by atoms with Crippen LogP contribution in [0.2, 0.25) is 0 Å². The highest BCUT2D eigenvalue weighted by atomic mass is 16.6. The summed E-state index contributed by atoms with van der Waals surface area (Å²) < 4.78 is 1.71. The van der Waals surface area contributed by atoms with Crippen LogP contribution >= 0.6 is 0 Å². The van der Waals surface area contributed by atoms with Crippen molar-refractivity contribution >= 4 is 44.8 Å². The second-order valence-electron chi connectivity index (χ2n) is 7.83. The second kappa shape index (κ2) is 7.77. The van der Waals surface area contributed by atoms with E-state index in [4.69, 9.17) is 0 Å². The van der Waals surface area contributed by atoms with Crippen LogP contribution in [0.25, 0.3) is 21.8 Å². The quantitative estimate of drug-likeness (QED) is 0.344. The molecule has 0 bridgehead atoms. The molecule has 0 aliphatic heterocycles. The summed E-state index contributed by atoms with van der Waals surface area (Å²) >= 11 is 0. The van der Waals surface area contributed by atoms with E-state index in [1.807, 2.05) is 32.9 Å². The van der Waals surface area contributed by atoms with Gasteiger partial charge in [0.2, 0.25) is 5.91 Å². The van der Waals surface area contributed by atoms with Gasteiger partial charge in [0, 0.05) is 40.7 Å². The van der Waals surface area contributed by atoms with Crippen molar-refractivity contribution < 1.29 is 14.6 Å². The highest BCUT2D eigenvalue weighted by molar-refractivity contribution is 6.10. The van der Waals surface area contributed by atoms with E-state index < -0.39 is 9.85 Å². The lowest BCUT2D eigenvalue weighted by atomic mass is 10.1. The van der Waals surface area contributed by atoms with Crippen molar-refractivity contribution in [2.75, 3.05) is 5.32 Å². The Balaban J connectivity index is 1.81. The Morgan fingerprint density at radius 3 is 1.75 bits per heavy atom. The predicted molar refractivity (Wildman–Crippen MR) is 122 cm³/mol. The summed E-state index contributed by atoms with van der Waals surface area (Å²) in [6.45, 7) is 5.78. The minimum absolute atomic E-state index is 0.0532. The number of rotatable bonds is 5. The number of benzene rings is 3. The van der Waals surface area contributed by atoms with Gasteiger partial charge < -0.3 is 9.88 Å². The lowest BCUT2D eigenvalue weighted by molar-refractivity contribution is -0.385. The molecule has 162 valence electrons. The van der Waals surface area contributed by atoms with Crippen LogP contribution in [-0.2, 0) is 11.3 Å². The molecule has 0 aliphatic rings. The van der Waals surface area contributed by atoms with E-state index in [0.29, 0.717) is 21.8 Å². The Hall–Kier alpha value is -4.27. The zero-order valence-electron chi connectivity index (χ0n) is 17.7. The smallest absolute Gasteiger partial charge is 0.270 e. The Morgan fingerprint density at radius 2 is 1.31 bits per heavy atom. The zero-order valence-corrected chi connectivity index (χ0v) is 17.7. The molecule has 9 nitrogen and oxygen atoms in total. The molecule has 1 amide bonds. The molecule has 4 aromatic rings. The van der Waals surface area contributed by atoms with E-state index in [9.17, 15) is 25.0 Å². The number of carbonyl (C=O) groups is 1. The molecular formula is C23H20N4O5. The SMILES string of the molecule is Cc1cc(C)c(NC(=O)Cn2c3ccc([N+](=O)[O-])cc3c3cc([N+](=O)[O-])ccc32)c(C)c1. The number of anilines is 1. The standard InChI is InChI=1S/C23H20N4O5/c1-13-8-14(2)23(15(3)9-13)24-22(28)12-25-20-6-4-16(26(29)30)10-18(20)19-11-17(27(31)32)5-7-21(19)25/h4-11H,12H2,1-3H3,(H,24,28). The summed E-state index contributed by atoms with van der Waals surface area (Å²) in [7, 11) is 0. The van der Waals surface area contributed by atoms with Gasteiger partial charge in [0.15, 0.2) is 0 Å². The number of nitrogens with one attached hydrogen (secondary N) is 1. The molecule has 0 fully saturated rings. The molecule has 1 aromatic heterocycles. The fraction of sp³-hybridized carbons (Fsp3) is 0.174. The van der Waals surface area contributed by atoms with Crippen molar-refractivity contribution in [2.24, 2.45) is 0 Å². The van der Waals surface area contributed by atoms with Crippen LogP contribution in [0.3, 0.4) is 0 Å². The average molecular weight is 432 g/mol. The molecule has 0 saturated carbocycles. The van der Waals surface area contributed by atoms with E-state index in [0.717, 1.165) is 22.4 Å². The Bertz CT molecular complexity index is 1340. The molecule has 9 heteroatoms. The number of amides is 1. The van der Waals surface area contributed by atoms with E-state index in [2.05, 4.69) is 5.32 Å². The van der Waals surface area contributed by atoms with Gasteiger partial charge in [-0.3, -0.25) is 25.0 Å². The number of aryl methyl sites for hydroxylation is 3. The molecule has 0 unspecified atom stereocenters. The second-order valence-corrected chi connectivity index (χ2v) is 7.83. The van der Waals surface area contributed by atoms with Gasteiger partial charge in [-0.15, -0.1) is 0 Å². The Labute approximate surface area is 182 Å². The van der Waals surface area contributed by atoms with Crippen LogP contribution in [0.5, 0.6) is 0 Å². The van der Waals surface area contributed by atoms with Crippen molar-refractivity contribution in [3.63, 3.8) is 0 Å². The van der Waals surface area contributed by atoms with Gasteiger partial charge in [-0.1, -0.05) is 17.7 Å². The summed E-state index contributed by atoms with van der Waals surface area (Å²) in [5, 5.41) is 26.4. The summed E-state index contributed by atoms with van der Waals surface area (Å²) in [6, 6.07) is 12.6. The number of non-ortho nitro benzene ring substituents is 2. The molecule has 0 saturated heterocycles. The summed E-state index contributed by atoms with van der Waals surface area (Å²) in [5.41, 5.74) is 4.65. The highest BCUT2D eigenvalue weighted by Crippen LogP contribution is 2.34. The van der Waals surface area contributed by atoms with E-state index in [1.165, 1.54) is 24.3 Å². The number of carbonyl (C=O) groups excluding carboxylic acids is 1. The number of nitro groups is 2. The number of aromatic nitrogens is 1. The number of nitrogens with zero attached hydrogens (tertiary/aromatic N) is 3. The first-order valence-electron chi connectivity index (χ1n) is 9.88. The molecule has 1 N–H and O–H groups in total. The van der Waals surface area contributed by atoms with Crippen LogP contribution in [-0.4, -0.2) is 20.3 Å². The Morgan fingerprint density at radius 1 is 0.844 bits per heavy atom. The van der Waals surface area contributed by atoms with Gasteiger partial charge in [0.25, 0.3) is 11.4 Å². The summed E-state index contributed by atoms with van der Waals surface area (Å²) in [4.78, 5) is 34.4. The van der Waals surface area contributed by atoms with Gasteiger partial charge in [-0.25, -0.2) is 0 Å². The first-order chi connectivity index (χ1) is 15.2. The van der Waals surface area contributed by atoms with Gasteiger partial charge in [0.05, 0.1) is 20.9 Å². The van der Waals surface area contributed by atoms with Crippen molar-refractivity contribution in [1.82, 2.24) is 4.57 Å². The maximum absolute atomic E-state index is 13.0. The minimum Gasteiger partial charge on any atom is -0.331 e. The maximum Gasteiger partial charge on any atom is 0.270 e. The third-order valence-electron chi connectivity index (χ3n) is 5.50. The van der Waals surface area contributed by atoms with E-state index in [-0.39, 0.29) is 23.8 Å². The van der Waals surface area contributed by atoms with Gasteiger partial charge in [-0.05, 0) is 44.0 Å². The molecule has 0 radical (unpaired) electrons. The van der Waals surface area contributed by atoms with Crippen LogP contribution in [0.15, 0.2) is 48.5 Å². The molecule has 4 rings (SSSR count). The van der Waals surface area contributed by atoms with Crippen molar-refractivity contribution in [1.29, 1.82) is 0 Å². The topological polar surface area (TPSA) is 120 Å². The third kappa shape index (κ3) is 3.64. The molecule has 0 spiro atoms. The van der Waals surface area contributed by atoms with Crippen LogP contribution < -0.4 is 5.32 Å². The van der Waals surface area contributed by atoms with Crippen LogP contribution in [0.1, 0.15) is 16.7 Å². The summed E-state index contributed by atoms with van der Waals surface area (Å²) in [6.07, 6.45) is 0. The highest BCUT2D eigenvalue weighted by Gasteiger charge is 2.19. The lowest BCUT2D eigenvalue weighted by Gasteiger charge is -2.14. The number of hydrogen-bond donors (Lipinski definition) is 1. The molecule has 0 aliphatic carbocycles. The van der Waals surface area contributed by atoms with Gasteiger partial charge >= 0.3 is 0 Å². The fourth-order valence-electron chi connectivity index (χ4n) is 4.18. The fourth-order valence-corrected chi connectivity index (χ4v) is 4.18. The van der Waals surface area contributed by atoms with E-state index in [1.54, 1.807) is 16.7 Å². The number of hydrogen-bond acceptors (Lipinski definition) is 5. The zero-order chi connectivity index (χ0) is 23.2. The molecule has 3 aromatic carbocycles. The van der Waals surface area contributed by atoms with Crippen molar-refractivity contribution in [3.8, 4) is 0 Å². The molecule has 1 heterocycles. The predicted octanol–water partition coefficient (Wildman–Crippen LogP) is 5.17. The first-order valence-corrected chi connectivity index (χ1v) is 9.88. The third-order valence-corrected chi connectivity index (χ3v) is 5.50. The van der Waals surface area contributed by atoms with E-state index >= 15 is 0 Å². The molecular weight excluding hydrogens is 412 g/mol. The lowest BCUT2D eigenvalue weighted by Crippen LogP contribution is -2.19. The first kappa shape index (κ1) is 21.0. The number of fused-ring (bicyclic) bond motifs is 3. The summed E-state index contributed by atoms with van der Waals surface area (Å²) in [5.74, 6) is -0.268. The van der Waals surface area contributed by atoms with Crippen molar-refractivity contribution in [3.05, 3.63) is 85.4 Å². The largest absolute Gasteiger partial charge is 0.331 e. The monoisotopic (exact) mass is 432 g/mol. The normalized spacial score (nSPS) is 11.1. The van der Waals surface area contributed by atoms with Gasteiger partial charge in [0.1, 0.15) is 6.54 Å². The minimum atomic E-state index is -0.518. The average Bonchev–Trinajstić information content (AvgIpc) is 3.03. The molecule has 0 atom stereocenters. The van der Waals surface area contributed by atoms with Crippen LogP contribution in [0, 0.1) is 41.0 Å². The number of nitro benzene ring substituents is 2. The van der Waals surface area contributed by atoms with Crippen LogP contribution in [0.4, 0.5) is 17.1 Å². The Kier molecular flexibility index (Phi) is 5.09. The maximum atomic E-state index is 13.0. The van der Waals surface area contributed by atoms with Gasteiger partial charge in [-0.2, -0.15) is 0 Å². The van der Waals surface area contributed by atoms with Crippen molar-refractivity contribution in [2.45, 2.75) is 27.3 Å².